The summed E-state index contributed by atoms with van der Waals surface area (Å²) in [7, 11) is 1.31. The van der Waals surface area contributed by atoms with Crippen molar-refractivity contribution >= 4 is 12.1 Å². The molecule has 0 saturated carbocycles. The first-order valence-corrected chi connectivity index (χ1v) is 9.24. The standard InChI is InChI=1S/C20H27F2NO5/c1-6-27-18(24)13-7-8-23(19(25)28-20(2,3)4)11-14(13)17-15(21)9-12(26-5)10-16(17)22/h9-10,13-14H,6-8,11H2,1-5H3. The van der Waals surface area contributed by atoms with Crippen molar-refractivity contribution < 1.29 is 32.6 Å². The lowest BCUT2D eigenvalue weighted by Crippen LogP contribution is -2.47. The van der Waals surface area contributed by atoms with Crippen molar-refractivity contribution in [3.8, 4) is 5.75 Å². The van der Waals surface area contributed by atoms with Gasteiger partial charge in [0.05, 0.1) is 19.6 Å². The van der Waals surface area contributed by atoms with Gasteiger partial charge < -0.3 is 19.1 Å². The van der Waals surface area contributed by atoms with Crippen molar-refractivity contribution in [3.05, 3.63) is 29.3 Å². The Morgan fingerprint density at radius 3 is 2.32 bits per heavy atom. The Bertz CT molecular complexity index is 709. The van der Waals surface area contributed by atoms with E-state index in [2.05, 4.69) is 0 Å². The van der Waals surface area contributed by atoms with Gasteiger partial charge in [-0.15, -0.1) is 0 Å². The summed E-state index contributed by atoms with van der Waals surface area (Å²) in [5.74, 6) is -3.83. The molecule has 1 fully saturated rings. The lowest BCUT2D eigenvalue weighted by Gasteiger charge is -2.38. The minimum Gasteiger partial charge on any atom is -0.497 e. The van der Waals surface area contributed by atoms with Gasteiger partial charge >= 0.3 is 12.1 Å². The third-order valence-electron chi connectivity index (χ3n) is 4.51. The number of hydrogen-bond donors (Lipinski definition) is 0. The average molecular weight is 399 g/mol. The second-order valence-electron chi connectivity index (χ2n) is 7.68. The highest BCUT2D eigenvalue weighted by Gasteiger charge is 2.41. The van der Waals surface area contributed by atoms with Crippen LogP contribution in [-0.2, 0) is 14.3 Å². The van der Waals surface area contributed by atoms with Gasteiger partial charge in [-0.2, -0.15) is 0 Å². The second-order valence-corrected chi connectivity index (χ2v) is 7.68. The van der Waals surface area contributed by atoms with Gasteiger partial charge in [0.1, 0.15) is 23.0 Å². The molecule has 0 aromatic heterocycles. The number of methoxy groups -OCH3 is 1. The molecule has 0 radical (unpaired) electrons. The topological polar surface area (TPSA) is 65.1 Å². The summed E-state index contributed by atoms with van der Waals surface area (Å²) in [6, 6.07) is 2.13. The van der Waals surface area contributed by atoms with Crippen LogP contribution in [0, 0.1) is 17.6 Å². The predicted molar refractivity (Wildman–Crippen MR) is 98.2 cm³/mol. The summed E-state index contributed by atoms with van der Waals surface area (Å²) in [6.07, 6.45) is -0.373. The maximum absolute atomic E-state index is 14.7. The van der Waals surface area contributed by atoms with Gasteiger partial charge in [-0.05, 0) is 34.1 Å². The summed E-state index contributed by atoms with van der Waals surface area (Å²) >= 11 is 0. The molecule has 0 aliphatic carbocycles. The summed E-state index contributed by atoms with van der Waals surface area (Å²) < 4.78 is 44.7. The third kappa shape index (κ3) is 5.11. The van der Waals surface area contributed by atoms with E-state index in [4.69, 9.17) is 14.2 Å². The molecule has 2 atom stereocenters. The maximum Gasteiger partial charge on any atom is 0.410 e. The van der Waals surface area contributed by atoms with E-state index in [-0.39, 0.29) is 37.4 Å². The van der Waals surface area contributed by atoms with Gasteiger partial charge in [-0.25, -0.2) is 13.6 Å². The fourth-order valence-electron chi connectivity index (χ4n) is 3.30. The number of halogens is 2. The van der Waals surface area contributed by atoms with Gasteiger partial charge in [0.25, 0.3) is 0 Å². The summed E-state index contributed by atoms with van der Waals surface area (Å²) in [4.78, 5) is 26.2. The molecule has 1 heterocycles. The molecule has 8 heteroatoms. The van der Waals surface area contributed by atoms with Gasteiger partial charge in [0, 0.05) is 36.7 Å². The molecule has 1 aromatic carbocycles. The van der Waals surface area contributed by atoms with E-state index in [1.54, 1.807) is 27.7 Å². The SMILES string of the molecule is CCOC(=O)C1CCN(C(=O)OC(C)(C)C)CC1c1c(F)cc(OC)cc1F. The van der Waals surface area contributed by atoms with Gasteiger partial charge in [0.2, 0.25) is 0 Å². The maximum atomic E-state index is 14.7. The molecule has 2 unspecified atom stereocenters. The number of ether oxygens (including phenoxy) is 3. The van der Waals surface area contributed by atoms with Crippen LogP contribution < -0.4 is 4.74 Å². The molecular weight excluding hydrogens is 372 g/mol. The molecule has 0 bridgehead atoms. The Hall–Kier alpha value is -2.38. The molecule has 0 spiro atoms. The minimum absolute atomic E-state index is 0.0336. The van der Waals surface area contributed by atoms with Gasteiger partial charge in [-0.1, -0.05) is 0 Å². The van der Waals surface area contributed by atoms with E-state index in [0.717, 1.165) is 12.1 Å². The first kappa shape index (κ1) is 21.9. The monoisotopic (exact) mass is 399 g/mol. The van der Waals surface area contributed by atoms with Crippen molar-refractivity contribution in [2.45, 2.75) is 45.6 Å². The fourth-order valence-corrected chi connectivity index (χ4v) is 3.30. The number of carbonyl (C=O) groups excluding carboxylic acids is 2. The molecule has 1 aromatic rings. The first-order valence-electron chi connectivity index (χ1n) is 9.24. The van der Waals surface area contributed by atoms with E-state index in [1.165, 1.54) is 12.0 Å². The predicted octanol–water partition coefficient (Wildman–Crippen LogP) is 3.88. The zero-order valence-electron chi connectivity index (χ0n) is 16.9. The van der Waals surface area contributed by atoms with Crippen LogP contribution in [0.15, 0.2) is 12.1 Å². The Labute approximate surface area is 163 Å². The number of likely N-dealkylation sites (tertiary alicyclic amines) is 1. The van der Waals surface area contributed by atoms with Crippen molar-refractivity contribution in [1.82, 2.24) is 4.90 Å². The Kier molecular flexibility index (Phi) is 6.85. The number of hydrogen-bond acceptors (Lipinski definition) is 5. The summed E-state index contributed by atoms with van der Waals surface area (Å²) in [6.45, 7) is 7.19. The number of nitrogens with zero attached hydrogens (tertiary/aromatic N) is 1. The van der Waals surface area contributed by atoms with Crippen molar-refractivity contribution in [3.63, 3.8) is 0 Å². The molecule has 0 N–H and O–H groups in total. The largest absolute Gasteiger partial charge is 0.497 e. The number of amides is 1. The van der Waals surface area contributed by atoms with Crippen LogP contribution in [0.3, 0.4) is 0 Å². The zero-order valence-corrected chi connectivity index (χ0v) is 16.9. The highest BCUT2D eigenvalue weighted by molar-refractivity contribution is 5.75. The third-order valence-corrected chi connectivity index (χ3v) is 4.51. The minimum atomic E-state index is -0.897. The number of piperidine rings is 1. The quantitative estimate of drug-likeness (QED) is 0.719. The van der Waals surface area contributed by atoms with E-state index in [0.29, 0.717) is 0 Å². The van der Waals surface area contributed by atoms with Crippen LogP contribution in [0.1, 0.15) is 45.6 Å². The van der Waals surface area contributed by atoms with E-state index in [9.17, 15) is 18.4 Å². The average Bonchev–Trinajstić information content (AvgIpc) is 2.59. The fraction of sp³-hybridized carbons (Fsp3) is 0.600. The first-order chi connectivity index (χ1) is 13.1. The summed E-state index contributed by atoms with van der Waals surface area (Å²) in [5, 5.41) is 0. The highest BCUT2D eigenvalue weighted by Crippen LogP contribution is 2.38. The van der Waals surface area contributed by atoms with Gasteiger partial charge in [0.15, 0.2) is 0 Å². The van der Waals surface area contributed by atoms with Crippen LogP contribution in [0.25, 0.3) is 0 Å². The van der Waals surface area contributed by atoms with E-state index < -0.39 is 41.1 Å². The summed E-state index contributed by atoms with van der Waals surface area (Å²) in [5.41, 5.74) is -0.964. The van der Waals surface area contributed by atoms with Crippen LogP contribution in [0.2, 0.25) is 0 Å². The molecule has 1 amide bonds. The van der Waals surface area contributed by atoms with Crippen molar-refractivity contribution in [1.29, 1.82) is 0 Å². The molecule has 1 saturated heterocycles. The number of carbonyl (C=O) groups is 2. The van der Waals surface area contributed by atoms with E-state index >= 15 is 0 Å². The van der Waals surface area contributed by atoms with Crippen LogP contribution in [-0.4, -0.2) is 49.4 Å². The lowest BCUT2D eigenvalue weighted by atomic mass is 9.80. The second kappa shape index (κ2) is 8.75. The molecule has 2 rings (SSSR count). The Balaban J connectivity index is 2.38. The molecule has 1 aliphatic heterocycles. The van der Waals surface area contributed by atoms with Gasteiger partial charge in [-0.3, -0.25) is 4.79 Å². The number of rotatable bonds is 4. The number of esters is 1. The number of benzene rings is 1. The van der Waals surface area contributed by atoms with Crippen LogP contribution >= 0.6 is 0 Å². The Morgan fingerprint density at radius 2 is 1.82 bits per heavy atom. The molecule has 6 nitrogen and oxygen atoms in total. The Morgan fingerprint density at radius 1 is 1.21 bits per heavy atom. The van der Waals surface area contributed by atoms with Crippen LogP contribution in [0.4, 0.5) is 13.6 Å². The molecular formula is C20H27F2NO5. The molecule has 1 aliphatic rings. The lowest BCUT2D eigenvalue weighted by molar-refractivity contribution is -0.150. The normalized spacial score (nSPS) is 19.9. The van der Waals surface area contributed by atoms with Crippen molar-refractivity contribution in [2.24, 2.45) is 5.92 Å². The van der Waals surface area contributed by atoms with Crippen molar-refractivity contribution in [2.75, 3.05) is 26.8 Å². The zero-order chi connectivity index (χ0) is 21.1. The van der Waals surface area contributed by atoms with Crippen LogP contribution in [0.5, 0.6) is 5.75 Å². The smallest absolute Gasteiger partial charge is 0.410 e. The molecule has 28 heavy (non-hydrogen) atoms. The van der Waals surface area contributed by atoms with E-state index in [1.807, 2.05) is 0 Å². The highest BCUT2D eigenvalue weighted by atomic mass is 19.1. The molecule has 156 valence electrons.